The Morgan fingerprint density at radius 3 is 2.61 bits per heavy atom. The lowest BCUT2D eigenvalue weighted by Gasteiger charge is -2.11. The highest BCUT2D eigenvalue weighted by molar-refractivity contribution is 6.06. The molecule has 0 amide bonds. The van der Waals surface area contributed by atoms with E-state index >= 15 is 0 Å². The quantitative estimate of drug-likeness (QED) is 0.694. The Morgan fingerprint density at radius 2 is 1.96 bits per heavy atom. The Morgan fingerprint density at radius 1 is 1.17 bits per heavy atom. The number of carbonyl (C=O) groups excluding carboxylic acids is 1. The van der Waals surface area contributed by atoms with Crippen LogP contribution in [0.4, 0.5) is 0 Å². The minimum Gasteiger partial charge on any atom is -0.462 e. The zero-order valence-corrected chi connectivity index (χ0v) is 13.5. The first-order valence-corrected chi connectivity index (χ1v) is 7.81. The molecule has 0 saturated heterocycles. The van der Waals surface area contributed by atoms with E-state index in [0.29, 0.717) is 17.4 Å². The SMILES string of the molecule is CCOC(=O)c1cn(CC)c2ccc3cn(CC)nc3c2c1=O. The van der Waals surface area contributed by atoms with Gasteiger partial charge in [-0.1, -0.05) is 0 Å². The van der Waals surface area contributed by atoms with Gasteiger partial charge in [-0.25, -0.2) is 4.79 Å². The van der Waals surface area contributed by atoms with Gasteiger partial charge in [0.1, 0.15) is 11.1 Å². The molecule has 6 heteroatoms. The smallest absolute Gasteiger partial charge is 0.343 e. The van der Waals surface area contributed by atoms with Crippen molar-refractivity contribution in [3.63, 3.8) is 0 Å². The highest BCUT2D eigenvalue weighted by Crippen LogP contribution is 2.22. The Hall–Kier alpha value is -2.63. The van der Waals surface area contributed by atoms with Crippen LogP contribution in [0.2, 0.25) is 0 Å². The molecule has 6 nitrogen and oxygen atoms in total. The Bertz CT molecular complexity index is 953. The van der Waals surface area contributed by atoms with Crippen LogP contribution in [0.25, 0.3) is 21.8 Å². The fraction of sp³-hybridized carbons (Fsp3) is 0.353. The maximum atomic E-state index is 12.9. The van der Waals surface area contributed by atoms with Gasteiger partial charge in [0.25, 0.3) is 0 Å². The van der Waals surface area contributed by atoms with Crippen LogP contribution in [0, 0.1) is 0 Å². The highest BCUT2D eigenvalue weighted by atomic mass is 16.5. The van der Waals surface area contributed by atoms with Crippen LogP contribution in [-0.2, 0) is 17.8 Å². The van der Waals surface area contributed by atoms with E-state index in [-0.39, 0.29) is 17.6 Å². The number of rotatable bonds is 4. The van der Waals surface area contributed by atoms with E-state index in [1.54, 1.807) is 17.8 Å². The number of carbonyl (C=O) groups is 1. The number of aromatic nitrogens is 3. The summed E-state index contributed by atoms with van der Waals surface area (Å²) in [5, 5.41) is 5.86. The predicted octanol–water partition coefficient (Wildman–Crippen LogP) is 2.57. The lowest BCUT2D eigenvalue weighted by atomic mass is 10.1. The molecule has 0 aliphatic carbocycles. The maximum absolute atomic E-state index is 12.9. The fourth-order valence-corrected chi connectivity index (χ4v) is 2.79. The number of esters is 1. The Balaban J connectivity index is 2.43. The molecule has 0 fully saturated rings. The van der Waals surface area contributed by atoms with Crippen molar-refractivity contribution in [2.24, 2.45) is 0 Å². The largest absolute Gasteiger partial charge is 0.462 e. The van der Waals surface area contributed by atoms with E-state index in [1.165, 1.54) is 0 Å². The summed E-state index contributed by atoms with van der Waals surface area (Å²) in [6.07, 6.45) is 3.48. The molecule has 120 valence electrons. The van der Waals surface area contributed by atoms with Crippen LogP contribution in [0.1, 0.15) is 31.1 Å². The van der Waals surface area contributed by atoms with E-state index in [0.717, 1.165) is 17.4 Å². The van der Waals surface area contributed by atoms with Crippen molar-refractivity contribution in [2.75, 3.05) is 6.61 Å². The number of benzene rings is 1. The van der Waals surface area contributed by atoms with Gasteiger partial charge in [-0.05, 0) is 32.9 Å². The van der Waals surface area contributed by atoms with Crippen LogP contribution >= 0.6 is 0 Å². The number of fused-ring (bicyclic) bond motifs is 3. The molecule has 1 aromatic carbocycles. The van der Waals surface area contributed by atoms with Gasteiger partial charge in [-0.2, -0.15) is 5.10 Å². The van der Waals surface area contributed by atoms with Gasteiger partial charge in [0.2, 0.25) is 5.43 Å². The molecule has 0 aliphatic rings. The molecule has 0 N–H and O–H groups in total. The molecule has 2 aromatic heterocycles. The molecule has 0 unspecified atom stereocenters. The summed E-state index contributed by atoms with van der Waals surface area (Å²) >= 11 is 0. The summed E-state index contributed by atoms with van der Waals surface area (Å²) in [5.74, 6) is -0.589. The van der Waals surface area contributed by atoms with Gasteiger partial charge in [0, 0.05) is 30.9 Å². The molecule has 3 rings (SSSR count). The van der Waals surface area contributed by atoms with Crippen molar-refractivity contribution in [1.82, 2.24) is 14.3 Å². The van der Waals surface area contributed by atoms with Gasteiger partial charge in [-0.3, -0.25) is 9.48 Å². The predicted molar refractivity (Wildman–Crippen MR) is 88.8 cm³/mol. The maximum Gasteiger partial charge on any atom is 0.343 e. The molecule has 0 radical (unpaired) electrons. The monoisotopic (exact) mass is 313 g/mol. The first kappa shape index (κ1) is 15.3. The molecule has 0 aliphatic heterocycles. The standard InChI is InChI=1S/C17H19N3O3/c1-4-19-10-12(17(22)23-6-3)16(21)14-13(19)8-7-11-9-20(5-2)18-15(11)14/h7-10H,4-6H2,1-3H3. The Labute approximate surface area is 133 Å². The van der Waals surface area contributed by atoms with Crippen molar-refractivity contribution in [2.45, 2.75) is 33.9 Å². The third kappa shape index (κ3) is 2.40. The average molecular weight is 313 g/mol. The lowest BCUT2D eigenvalue weighted by molar-refractivity contribution is 0.0524. The summed E-state index contributed by atoms with van der Waals surface area (Å²) in [6, 6.07) is 3.85. The zero-order chi connectivity index (χ0) is 16.6. The lowest BCUT2D eigenvalue weighted by Crippen LogP contribution is -2.21. The van der Waals surface area contributed by atoms with Gasteiger partial charge in [0.15, 0.2) is 0 Å². The summed E-state index contributed by atoms with van der Waals surface area (Å²) in [5.41, 5.74) is 1.14. The van der Waals surface area contributed by atoms with Gasteiger partial charge >= 0.3 is 5.97 Å². The van der Waals surface area contributed by atoms with Crippen molar-refractivity contribution in [3.05, 3.63) is 40.3 Å². The summed E-state index contributed by atoms with van der Waals surface area (Å²) < 4.78 is 8.69. The average Bonchev–Trinajstić information content (AvgIpc) is 2.98. The third-order valence-electron chi connectivity index (χ3n) is 3.93. The first-order chi connectivity index (χ1) is 11.1. The number of nitrogens with zero attached hydrogens (tertiary/aromatic N) is 3. The molecular formula is C17H19N3O3. The molecular weight excluding hydrogens is 294 g/mol. The van der Waals surface area contributed by atoms with E-state index in [9.17, 15) is 9.59 Å². The van der Waals surface area contributed by atoms with Crippen molar-refractivity contribution < 1.29 is 9.53 Å². The normalized spacial score (nSPS) is 11.3. The molecule has 3 aromatic rings. The molecule has 2 heterocycles. The van der Waals surface area contributed by atoms with Crippen molar-refractivity contribution in [1.29, 1.82) is 0 Å². The van der Waals surface area contributed by atoms with Gasteiger partial charge in [0.05, 0.1) is 17.5 Å². The van der Waals surface area contributed by atoms with E-state index in [4.69, 9.17) is 4.74 Å². The molecule has 0 spiro atoms. The third-order valence-corrected chi connectivity index (χ3v) is 3.93. The number of hydrogen-bond donors (Lipinski definition) is 0. The van der Waals surface area contributed by atoms with Crippen LogP contribution in [0.15, 0.2) is 29.3 Å². The summed E-state index contributed by atoms with van der Waals surface area (Å²) in [7, 11) is 0. The molecule has 0 atom stereocenters. The highest BCUT2D eigenvalue weighted by Gasteiger charge is 2.19. The second-order valence-corrected chi connectivity index (χ2v) is 5.26. The minimum atomic E-state index is -0.589. The van der Waals surface area contributed by atoms with E-state index in [2.05, 4.69) is 5.10 Å². The van der Waals surface area contributed by atoms with Crippen LogP contribution in [0.5, 0.6) is 0 Å². The number of aryl methyl sites for hydroxylation is 2. The van der Waals surface area contributed by atoms with Gasteiger partial charge < -0.3 is 9.30 Å². The number of pyridine rings is 1. The minimum absolute atomic E-state index is 0.0553. The molecule has 0 bridgehead atoms. The fourth-order valence-electron chi connectivity index (χ4n) is 2.79. The summed E-state index contributed by atoms with van der Waals surface area (Å²) in [6.45, 7) is 7.27. The molecule has 23 heavy (non-hydrogen) atoms. The number of hydrogen-bond acceptors (Lipinski definition) is 4. The van der Waals surface area contributed by atoms with Gasteiger partial charge in [-0.15, -0.1) is 0 Å². The summed E-state index contributed by atoms with van der Waals surface area (Å²) in [4.78, 5) is 25.0. The topological polar surface area (TPSA) is 66.1 Å². The van der Waals surface area contributed by atoms with E-state index < -0.39 is 5.97 Å². The first-order valence-electron chi connectivity index (χ1n) is 7.81. The van der Waals surface area contributed by atoms with Crippen molar-refractivity contribution >= 4 is 27.8 Å². The molecule has 0 saturated carbocycles. The van der Waals surface area contributed by atoms with Crippen LogP contribution < -0.4 is 5.43 Å². The van der Waals surface area contributed by atoms with Crippen LogP contribution in [0.3, 0.4) is 0 Å². The second kappa shape index (κ2) is 5.87. The second-order valence-electron chi connectivity index (χ2n) is 5.26. The zero-order valence-electron chi connectivity index (χ0n) is 13.5. The Kier molecular flexibility index (Phi) is 3.90. The van der Waals surface area contributed by atoms with Crippen LogP contribution in [-0.4, -0.2) is 26.9 Å². The van der Waals surface area contributed by atoms with Crippen molar-refractivity contribution in [3.8, 4) is 0 Å². The number of ether oxygens (including phenoxy) is 1. The van der Waals surface area contributed by atoms with E-state index in [1.807, 2.05) is 36.7 Å².